The fraction of sp³-hybridized carbons (Fsp3) is 0.389. The summed E-state index contributed by atoms with van der Waals surface area (Å²) in [5.41, 5.74) is 2.08. The highest BCUT2D eigenvalue weighted by atomic mass is 32.2. The van der Waals surface area contributed by atoms with Gasteiger partial charge in [0.1, 0.15) is 5.75 Å². The summed E-state index contributed by atoms with van der Waals surface area (Å²) in [6.07, 6.45) is 2.19. The molecule has 0 bridgehead atoms. The van der Waals surface area contributed by atoms with Crippen LogP contribution in [0.2, 0.25) is 0 Å². The van der Waals surface area contributed by atoms with Crippen LogP contribution in [-0.2, 0) is 18.7 Å². The fourth-order valence-electron chi connectivity index (χ4n) is 2.59. The van der Waals surface area contributed by atoms with Gasteiger partial charge in [0.15, 0.2) is 11.0 Å². The Morgan fingerprint density at radius 3 is 2.80 bits per heavy atom. The molecule has 2 aromatic heterocycles. The SMILES string of the molecule is CCCc1nc(CSc2nnc(-c3ccccc3OC)n2CC)cs1. The van der Waals surface area contributed by atoms with E-state index >= 15 is 0 Å². The van der Waals surface area contributed by atoms with Gasteiger partial charge < -0.3 is 9.30 Å². The van der Waals surface area contributed by atoms with E-state index in [1.54, 1.807) is 30.2 Å². The molecule has 0 saturated heterocycles. The van der Waals surface area contributed by atoms with E-state index < -0.39 is 0 Å². The number of para-hydroxylation sites is 1. The lowest BCUT2D eigenvalue weighted by Gasteiger charge is -2.10. The molecule has 0 saturated carbocycles. The summed E-state index contributed by atoms with van der Waals surface area (Å²) in [4.78, 5) is 4.68. The average Bonchev–Trinajstić information content (AvgIpc) is 3.26. The standard InChI is InChI=1S/C18H22N4OS2/c1-4-8-16-19-13(11-24-16)12-25-18-21-20-17(22(18)5-2)14-9-6-7-10-15(14)23-3/h6-7,9-11H,4-5,8,12H2,1-3H3. The number of thiazole rings is 1. The largest absolute Gasteiger partial charge is 0.496 e. The van der Waals surface area contributed by atoms with E-state index in [0.29, 0.717) is 0 Å². The zero-order valence-corrected chi connectivity index (χ0v) is 16.4. The molecular weight excluding hydrogens is 352 g/mol. The first-order valence-electron chi connectivity index (χ1n) is 8.39. The van der Waals surface area contributed by atoms with Crippen LogP contribution in [0, 0.1) is 0 Å². The van der Waals surface area contributed by atoms with Crippen LogP contribution in [0.15, 0.2) is 34.8 Å². The molecule has 0 N–H and O–H groups in total. The van der Waals surface area contributed by atoms with E-state index in [0.717, 1.165) is 53.1 Å². The van der Waals surface area contributed by atoms with Crippen LogP contribution < -0.4 is 4.74 Å². The second-order valence-electron chi connectivity index (χ2n) is 5.52. The minimum Gasteiger partial charge on any atom is -0.496 e. The number of rotatable bonds is 8. The van der Waals surface area contributed by atoms with Crippen LogP contribution in [0.3, 0.4) is 0 Å². The molecule has 7 heteroatoms. The Labute approximate surface area is 156 Å². The maximum atomic E-state index is 5.47. The van der Waals surface area contributed by atoms with Gasteiger partial charge in [0, 0.05) is 17.7 Å². The quantitative estimate of drug-likeness (QED) is 0.536. The van der Waals surface area contributed by atoms with Crippen molar-refractivity contribution in [2.75, 3.05) is 7.11 Å². The number of hydrogen-bond donors (Lipinski definition) is 0. The maximum absolute atomic E-state index is 5.47. The topological polar surface area (TPSA) is 52.8 Å². The van der Waals surface area contributed by atoms with Crippen molar-refractivity contribution in [1.82, 2.24) is 19.7 Å². The van der Waals surface area contributed by atoms with Crippen LogP contribution in [0.1, 0.15) is 31.0 Å². The number of aryl methyl sites for hydroxylation is 1. The molecule has 0 aliphatic rings. The zero-order chi connectivity index (χ0) is 17.6. The van der Waals surface area contributed by atoms with Gasteiger partial charge in [-0.2, -0.15) is 0 Å². The Morgan fingerprint density at radius 1 is 1.20 bits per heavy atom. The van der Waals surface area contributed by atoms with E-state index in [9.17, 15) is 0 Å². The van der Waals surface area contributed by atoms with E-state index in [-0.39, 0.29) is 0 Å². The molecule has 0 radical (unpaired) electrons. The molecule has 5 nitrogen and oxygen atoms in total. The summed E-state index contributed by atoms with van der Waals surface area (Å²) < 4.78 is 7.59. The van der Waals surface area contributed by atoms with Gasteiger partial charge in [0.2, 0.25) is 0 Å². The molecule has 1 aromatic carbocycles. The summed E-state index contributed by atoms with van der Waals surface area (Å²) in [6, 6.07) is 7.91. The van der Waals surface area contributed by atoms with Gasteiger partial charge in [-0.15, -0.1) is 21.5 Å². The van der Waals surface area contributed by atoms with Crippen molar-refractivity contribution < 1.29 is 4.74 Å². The number of thioether (sulfide) groups is 1. The molecule has 3 rings (SSSR count). The van der Waals surface area contributed by atoms with Crippen molar-refractivity contribution in [3.63, 3.8) is 0 Å². The Kier molecular flexibility index (Phi) is 6.09. The van der Waals surface area contributed by atoms with Crippen LogP contribution in [0.5, 0.6) is 5.75 Å². The average molecular weight is 375 g/mol. The summed E-state index contributed by atoms with van der Waals surface area (Å²) in [6.45, 7) is 5.09. The number of aromatic nitrogens is 4. The lowest BCUT2D eigenvalue weighted by molar-refractivity contribution is 0.416. The minimum absolute atomic E-state index is 0.806. The molecule has 3 aromatic rings. The smallest absolute Gasteiger partial charge is 0.191 e. The summed E-state index contributed by atoms with van der Waals surface area (Å²) in [7, 11) is 1.68. The Morgan fingerprint density at radius 2 is 2.04 bits per heavy atom. The van der Waals surface area contributed by atoms with Crippen molar-refractivity contribution in [3.8, 4) is 17.1 Å². The fourth-order valence-corrected chi connectivity index (χ4v) is 4.49. The highest BCUT2D eigenvalue weighted by Crippen LogP contribution is 2.31. The normalized spacial score (nSPS) is 11.0. The summed E-state index contributed by atoms with van der Waals surface area (Å²) in [5, 5.41) is 13.1. The maximum Gasteiger partial charge on any atom is 0.191 e. The molecule has 0 atom stereocenters. The van der Waals surface area contributed by atoms with Crippen molar-refractivity contribution in [2.24, 2.45) is 0 Å². The van der Waals surface area contributed by atoms with Crippen LogP contribution in [0.25, 0.3) is 11.4 Å². The van der Waals surface area contributed by atoms with E-state index in [4.69, 9.17) is 4.74 Å². The van der Waals surface area contributed by atoms with Crippen LogP contribution >= 0.6 is 23.1 Å². The van der Waals surface area contributed by atoms with Crippen molar-refractivity contribution in [2.45, 2.75) is 44.1 Å². The predicted octanol–water partition coefficient (Wildman–Crippen LogP) is 4.67. The van der Waals surface area contributed by atoms with Gasteiger partial charge in [-0.1, -0.05) is 30.8 Å². The molecule has 0 unspecified atom stereocenters. The monoisotopic (exact) mass is 374 g/mol. The predicted molar refractivity (Wildman–Crippen MR) is 103 cm³/mol. The molecule has 132 valence electrons. The Balaban J connectivity index is 1.80. The number of ether oxygens (including phenoxy) is 1. The third-order valence-electron chi connectivity index (χ3n) is 3.79. The molecule has 2 heterocycles. The molecule has 0 fully saturated rings. The first kappa shape index (κ1) is 17.9. The van der Waals surface area contributed by atoms with Crippen molar-refractivity contribution >= 4 is 23.1 Å². The van der Waals surface area contributed by atoms with E-state index in [2.05, 4.69) is 39.0 Å². The second kappa shape index (κ2) is 8.49. The Bertz CT molecular complexity index is 828. The molecule has 25 heavy (non-hydrogen) atoms. The van der Waals surface area contributed by atoms with Gasteiger partial charge >= 0.3 is 0 Å². The van der Waals surface area contributed by atoms with Gasteiger partial charge in [0.25, 0.3) is 0 Å². The lowest BCUT2D eigenvalue weighted by atomic mass is 10.2. The van der Waals surface area contributed by atoms with E-state index in [1.807, 2.05) is 24.3 Å². The third-order valence-corrected chi connectivity index (χ3v) is 5.75. The first-order valence-corrected chi connectivity index (χ1v) is 10.3. The molecule has 0 amide bonds. The number of methoxy groups -OCH3 is 1. The second-order valence-corrected chi connectivity index (χ2v) is 7.41. The number of nitrogens with zero attached hydrogens (tertiary/aromatic N) is 4. The molecule has 0 spiro atoms. The van der Waals surface area contributed by atoms with E-state index in [1.165, 1.54) is 5.01 Å². The van der Waals surface area contributed by atoms with Gasteiger partial charge in [-0.25, -0.2) is 4.98 Å². The number of benzene rings is 1. The lowest BCUT2D eigenvalue weighted by Crippen LogP contribution is -2.01. The Hall–Kier alpha value is -1.86. The van der Waals surface area contributed by atoms with Crippen molar-refractivity contribution in [1.29, 1.82) is 0 Å². The number of hydrogen-bond acceptors (Lipinski definition) is 6. The molecule has 0 aliphatic heterocycles. The summed E-state index contributed by atoms with van der Waals surface area (Å²) in [5.74, 6) is 2.46. The van der Waals surface area contributed by atoms with Gasteiger partial charge in [0.05, 0.1) is 23.4 Å². The first-order chi connectivity index (χ1) is 12.3. The van der Waals surface area contributed by atoms with Gasteiger partial charge in [-0.3, -0.25) is 0 Å². The zero-order valence-electron chi connectivity index (χ0n) is 14.7. The molecular formula is C18H22N4OS2. The minimum atomic E-state index is 0.806. The van der Waals surface area contributed by atoms with Crippen molar-refractivity contribution in [3.05, 3.63) is 40.3 Å². The molecule has 0 aliphatic carbocycles. The van der Waals surface area contributed by atoms with Crippen LogP contribution in [-0.4, -0.2) is 26.9 Å². The van der Waals surface area contributed by atoms with Gasteiger partial charge in [-0.05, 0) is 31.9 Å². The highest BCUT2D eigenvalue weighted by molar-refractivity contribution is 7.98. The van der Waals surface area contributed by atoms with Crippen LogP contribution in [0.4, 0.5) is 0 Å². The summed E-state index contributed by atoms with van der Waals surface area (Å²) >= 11 is 3.42. The highest BCUT2D eigenvalue weighted by Gasteiger charge is 2.16. The third kappa shape index (κ3) is 4.04.